The molecule has 4 rings (SSSR count). The van der Waals surface area contributed by atoms with E-state index in [1.54, 1.807) is 11.8 Å². The van der Waals surface area contributed by atoms with Crippen molar-refractivity contribution in [1.82, 2.24) is 19.9 Å². The molecule has 2 heterocycles. The highest BCUT2D eigenvalue weighted by Gasteiger charge is 2.13. The topological polar surface area (TPSA) is 59.8 Å². The number of fused-ring (bicyclic) bond motifs is 2. The number of imidazole rings is 1. The molecule has 1 N–H and O–H groups in total. The number of nitrogens with one attached hydrogen (secondary N) is 1. The van der Waals surface area contributed by atoms with Gasteiger partial charge in [0.25, 0.3) is 0 Å². The second kappa shape index (κ2) is 8.44. The number of para-hydroxylation sites is 3. The molecule has 28 heavy (non-hydrogen) atoms. The highest BCUT2D eigenvalue weighted by molar-refractivity contribution is 7.97. The van der Waals surface area contributed by atoms with E-state index in [1.807, 2.05) is 53.4 Å². The molecule has 5 nitrogen and oxygen atoms in total. The lowest BCUT2D eigenvalue weighted by Crippen LogP contribution is -2.30. The van der Waals surface area contributed by atoms with Gasteiger partial charge in [0.15, 0.2) is 0 Å². The number of rotatable bonds is 7. The molecular weight excluding hydrogens is 368 g/mol. The Morgan fingerprint density at radius 2 is 1.96 bits per heavy atom. The van der Waals surface area contributed by atoms with Gasteiger partial charge in [0.2, 0.25) is 5.91 Å². The van der Waals surface area contributed by atoms with Crippen molar-refractivity contribution in [2.75, 3.05) is 12.8 Å². The number of pyridine rings is 1. The van der Waals surface area contributed by atoms with Gasteiger partial charge < -0.3 is 9.88 Å². The Labute approximate surface area is 168 Å². The van der Waals surface area contributed by atoms with Crippen molar-refractivity contribution in [3.8, 4) is 0 Å². The third kappa shape index (κ3) is 3.87. The SMILES string of the molecule is CSCc1nc2ccccc2n1CC(=O)NCCc1cccc2cccnc12. The molecule has 0 bridgehead atoms. The van der Waals surface area contributed by atoms with Crippen LogP contribution < -0.4 is 5.32 Å². The molecule has 0 saturated heterocycles. The van der Waals surface area contributed by atoms with E-state index >= 15 is 0 Å². The molecule has 0 atom stereocenters. The Morgan fingerprint density at radius 1 is 1.11 bits per heavy atom. The number of nitrogens with zero attached hydrogens (tertiary/aromatic N) is 3. The predicted octanol–water partition coefficient (Wildman–Crippen LogP) is 3.81. The standard InChI is InChI=1S/C22H22N4OS/c1-28-15-20-25-18-9-2-3-10-19(18)26(20)14-21(27)23-13-11-17-7-4-6-16-8-5-12-24-22(16)17/h2-10,12H,11,13-15H2,1H3,(H,23,27). The lowest BCUT2D eigenvalue weighted by atomic mass is 10.1. The minimum atomic E-state index is -0.00120. The molecule has 1 amide bonds. The number of carbonyl (C=O) groups excluding carboxylic acids is 1. The van der Waals surface area contributed by atoms with Crippen LogP contribution in [0.25, 0.3) is 21.9 Å². The normalized spacial score (nSPS) is 11.2. The number of hydrogen-bond donors (Lipinski definition) is 1. The number of benzene rings is 2. The maximum Gasteiger partial charge on any atom is 0.240 e. The summed E-state index contributed by atoms with van der Waals surface area (Å²) in [5.74, 6) is 1.71. The van der Waals surface area contributed by atoms with Crippen LogP contribution in [0, 0.1) is 0 Å². The Hall–Kier alpha value is -2.86. The van der Waals surface area contributed by atoms with Crippen LogP contribution in [0.4, 0.5) is 0 Å². The molecule has 0 aliphatic carbocycles. The second-order valence-corrected chi connectivity index (χ2v) is 7.49. The van der Waals surface area contributed by atoms with Gasteiger partial charge in [0, 0.05) is 18.1 Å². The van der Waals surface area contributed by atoms with Gasteiger partial charge in [0.1, 0.15) is 12.4 Å². The first-order valence-electron chi connectivity index (χ1n) is 9.28. The van der Waals surface area contributed by atoms with Crippen LogP contribution >= 0.6 is 11.8 Å². The van der Waals surface area contributed by atoms with Gasteiger partial charge in [-0.25, -0.2) is 4.98 Å². The molecule has 2 aromatic heterocycles. The van der Waals surface area contributed by atoms with Gasteiger partial charge in [-0.15, -0.1) is 0 Å². The summed E-state index contributed by atoms with van der Waals surface area (Å²) in [4.78, 5) is 21.7. The predicted molar refractivity (Wildman–Crippen MR) is 115 cm³/mol. The van der Waals surface area contributed by atoms with Crippen molar-refractivity contribution in [3.63, 3.8) is 0 Å². The maximum absolute atomic E-state index is 12.6. The summed E-state index contributed by atoms with van der Waals surface area (Å²) in [6.07, 6.45) is 4.60. The van der Waals surface area contributed by atoms with E-state index in [-0.39, 0.29) is 12.5 Å². The molecule has 0 spiro atoms. The van der Waals surface area contributed by atoms with E-state index in [0.717, 1.165) is 45.5 Å². The molecular formula is C22H22N4OS. The fourth-order valence-corrected chi connectivity index (χ4v) is 3.92. The second-order valence-electron chi connectivity index (χ2n) is 6.63. The molecule has 2 aromatic carbocycles. The number of thioether (sulfide) groups is 1. The van der Waals surface area contributed by atoms with Gasteiger partial charge in [-0.2, -0.15) is 11.8 Å². The zero-order valence-electron chi connectivity index (χ0n) is 15.8. The fourth-order valence-electron chi connectivity index (χ4n) is 3.45. The first-order valence-corrected chi connectivity index (χ1v) is 10.7. The van der Waals surface area contributed by atoms with Gasteiger partial charge >= 0.3 is 0 Å². The summed E-state index contributed by atoms with van der Waals surface area (Å²) in [6, 6.07) is 18.1. The quantitative estimate of drug-likeness (QED) is 0.521. The lowest BCUT2D eigenvalue weighted by Gasteiger charge is -2.10. The molecule has 0 saturated carbocycles. The number of aromatic nitrogens is 3. The summed E-state index contributed by atoms with van der Waals surface area (Å²) < 4.78 is 2.01. The van der Waals surface area contributed by atoms with Crippen LogP contribution in [0.5, 0.6) is 0 Å². The Bertz CT molecular complexity index is 1120. The Kier molecular flexibility index (Phi) is 5.58. The van der Waals surface area contributed by atoms with Crippen molar-refractivity contribution in [3.05, 3.63) is 72.2 Å². The van der Waals surface area contributed by atoms with Crippen LogP contribution in [0.15, 0.2) is 60.8 Å². The zero-order chi connectivity index (χ0) is 19.3. The first kappa shape index (κ1) is 18.5. The van der Waals surface area contributed by atoms with Crippen LogP contribution in [0.2, 0.25) is 0 Å². The van der Waals surface area contributed by atoms with E-state index in [9.17, 15) is 4.79 Å². The fraction of sp³-hybridized carbons (Fsp3) is 0.227. The van der Waals surface area contributed by atoms with Gasteiger partial charge in [0.05, 0.1) is 22.3 Å². The van der Waals surface area contributed by atoms with Crippen molar-refractivity contribution in [1.29, 1.82) is 0 Å². The molecule has 6 heteroatoms. The highest BCUT2D eigenvalue weighted by atomic mass is 32.2. The number of carbonyl (C=O) groups is 1. The Morgan fingerprint density at radius 3 is 2.86 bits per heavy atom. The van der Waals surface area contributed by atoms with Crippen LogP contribution in [-0.2, 0) is 23.5 Å². The molecule has 4 aromatic rings. The third-order valence-electron chi connectivity index (χ3n) is 4.74. The number of hydrogen-bond acceptors (Lipinski definition) is 4. The van der Waals surface area contributed by atoms with Gasteiger partial charge in [-0.1, -0.05) is 36.4 Å². The van der Waals surface area contributed by atoms with Crippen molar-refractivity contribution in [2.45, 2.75) is 18.7 Å². The Balaban J connectivity index is 1.44. The first-order chi connectivity index (χ1) is 13.8. The average Bonchev–Trinajstić information content (AvgIpc) is 3.06. The van der Waals surface area contributed by atoms with Gasteiger partial charge in [-0.3, -0.25) is 9.78 Å². The maximum atomic E-state index is 12.6. The van der Waals surface area contributed by atoms with Crippen molar-refractivity contribution < 1.29 is 4.79 Å². The van der Waals surface area contributed by atoms with Crippen LogP contribution in [0.3, 0.4) is 0 Å². The molecule has 0 unspecified atom stereocenters. The van der Waals surface area contributed by atoms with E-state index in [0.29, 0.717) is 6.54 Å². The summed E-state index contributed by atoms with van der Waals surface area (Å²) in [7, 11) is 0. The molecule has 0 aliphatic heterocycles. The molecule has 0 radical (unpaired) electrons. The summed E-state index contributed by atoms with van der Waals surface area (Å²) in [5, 5.41) is 4.17. The molecule has 0 fully saturated rings. The van der Waals surface area contributed by atoms with Crippen LogP contribution in [-0.4, -0.2) is 33.2 Å². The third-order valence-corrected chi connectivity index (χ3v) is 5.29. The van der Waals surface area contributed by atoms with Crippen molar-refractivity contribution >= 4 is 39.6 Å². The van der Waals surface area contributed by atoms with E-state index in [2.05, 4.69) is 33.5 Å². The number of amides is 1. The van der Waals surface area contributed by atoms with E-state index < -0.39 is 0 Å². The molecule has 142 valence electrons. The highest BCUT2D eigenvalue weighted by Crippen LogP contribution is 2.19. The minimum absolute atomic E-state index is 0.00120. The largest absolute Gasteiger partial charge is 0.354 e. The molecule has 0 aliphatic rings. The minimum Gasteiger partial charge on any atom is -0.354 e. The lowest BCUT2D eigenvalue weighted by molar-refractivity contribution is -0.121. The summed E-state index contributed by atoms with van der Waals surface area (Å²) in [5.41, 5.74) is 4.08. The summed E-state index contributed by atoms with van der Waals surface area (Å²) >= 11 is 1.71. The van der Waals surface area contributed by atoms with E-state index in [1.165, 1.54) is 0 Å². The average molecular weight is 391 g/mol. The smallest absolute Gasteiger partial charge is 0.240 e. The monoisotopic (exact) mass is 390 g/mol. The van der Waals surface area contributed by atoms with Crippen LogP contribution in [0.1, 0.15) is 11.4 Å². The summed E-state index contributed by atoms with van der Waals surface area (Å²) in [6.45, 7) is 0.864. The van der Waals surface area contributed by atoms with Crippen molar-refractivity contribution in [2.24, 2.45) is 0 Å². The zero-order valence-corrected chi connectivity index (χ0v) is 16.6. The van der Waals surface area contributed by atoms with E-state index in [4.69, 9.17) is 0 Å². The van der Waals surface area contributed by atoms with Gasteiger partial charge in [-0.05, 0) is 36.4 Å².